The highest BCUT2D eigenvalue weighted by Gasteiger charge is 2.17. The second-order valence-electron chi connectivity index (χ2n) is 5.63. The van der Waals surface area contributed by atoms with Crippen LogP contribution in [0.25, 0.3) is 0 Å². The Hall–Kier alpha value is -2.13. The molecule has 0 amide bonds. The fourth-order valence-corrected chi connectivity index (χ4v) is 3.40. The zero-order chi connectivity index (χ0) is 15.5. The first-order valence-corrected chi connectivity index (χ1v) is 8.38. The molecular weight excluding hydrogens is 288 g/mol. The lowest BCUT2D eigenvalue weighted by molar-refractivity contribution is -0.676. The van der Waals surface area contributed by atoms with E-state index >= 15 is 0 Å². The van der Waals surface area contributed by atoms with Gasteiger partial charge in [0.05, 0.1) is 0 Å². The van der Waals surface area contributed by atoms with Gasteiger partial charge in [0.2, 0.25) is 0 Å². The van der Waals surface area contributed by atoms with Gasteiger partial charge in [-0.05, 0) is 43.5 Å². The van der Waals surface area contributed by atoms with Crippen molar-refractivity contribution in [2.45, 2.75) is 27.3 Å². The monoisotopic (exact) mass is 309 g/mol. The molecule has 0 aliphatic heterocycles. The third-order valence-corrected chi connectivity index (χ3v) is 5.05. The highest BCUT2D eigenvalue weighted by atomic mass is 32.1. The molecule has 1 N–H and O–H groups in total. The highest BCUT2D eigenvalue weighted by Crippen LogP contribution is 2.24. The average Bonchev–Trinajstić information content (AvgIpc) is 2.86. The lowest BCUT2D eigenvalue weighted by atomic mass is 10.1. The Labute approximate surface area is 136 Å². The Morgan fingerprint density at radius 2 is 1.73 bits per heavy atom. The third kappa shape index (κ3) is 3.04. The molecular formula is C19H21N2S+. The van der Waals surface area contributed by atoms with Crippen LogP contribution in [0.4, 0.5) is 10.8 Å². The van der Waals surface area contributed by atoms with Gasteiger partial charge < -0.3 is 0 Å². The number of rotatable bonds is 4. The van der Waals surface area contributed by atoms with E-state index in [1.54, 1.807) is 11.3 Å². The number of hydrogen-bond acceptors (Lipinski definition) is 2. The van der Waals surface area contributed by atoms with Crippen LogP contribution in [0.3, 0.4) is 0 Å². The van der Waals surface area contributed by atoms with Gasteiger partial charge in [0.1, 0.15) is 17.9 Å². The van der Waals surface area contributed by atoms with Crippen LogP contribution in [0.2, 0.25) is 0 Å². The first-order chi connectivity index (χ1) is 10.6. The highest BCUT2D eigenvalue weighted by molar-refractivity contribution is 7.13. The molecule has 3 rings (SSSR count). The number of hydrogen-bond donors (Lipinski definition) is 1. The van der Waals surface area contributed by atoms with E-state index in [1.165, 1.54) is 33.2 Å². The van der Waals surface area contributed by atoms with Crippen LogP contribution in [0.5, 0.6) is 0 Å². The molecule has 2 aromatic carbocycles. The summed E-state index contributed by atoms with van der Waals surface area (Å²) in [7, 11) is 0. The Balaban J connectivity index is 1.91. The van der Waals surface area contributed by atoms with Gasteiger partial charge in [-0.15, -0.1) is 0 Å². The normalized spacial score (nSPS) is 10.7. The number of thiazole rings is 1. The van der Waals surface area contributed by atoms with Gasteiger partial charge in [0.25, 0.3) is 0 Å². The molecule has 0 radical (unpaired) electrons. The average molecular weight is 309 g/mol. The minimum Gasteiger partial charge on any atom is -0.231 e. The summed E-state index contributed by atoms with van der Waals surface area (Å²) in [6.45, 7) is 7.37. The predicted molar refractivity (Wildman–Crippen MR) is 94.0 cm³/mol. The van der Waals surface area contributed by atoms with Crippen LogP contribution < -0.4 is 9.88 Å². The molecule has 0 saturated carbocycles. The lowest BCUT2D eigenvalue weighted by Crippen LogP contribution is -2.37. The maximum Gasteiger partial charge on any atom is 0.339 e. The van der Waals surface area contributed by atoms with Crippen LogP contribution in [-0.4, -0.2) is 0 Å². The van der Waals surface area contributed by atoms with Gasteiger partial charge in [-0.25, -0.2) is 9.88 Å². The molecule has 1 aromatic heterocycles. The van der Waals surface area contributed by atoms with E-state index in [1.807, 2.05) is 0 Å². The van der Waals surface area contributed by atoms with Crippen molar-refractivity contribution in [2.75, 3.05) is 5.32 Å². The number of nitrogens with zero attached hydrogens (tertiary/aromatic N) is 1. The van der Waals surface area contributed by atoms with Crippen molar-refractivity contribution in [3.8, 4) is 0 Å². The van der Waals surface area contributed by atoms with E-state index < -0.39 is 0 Å². The summed E-state index contributed by atoms with van der Waals surface area (Å²) in [5, 5.41) is 6.98. The predicted octanol–water partition coefficient (Wildman–Crippen LogP) is 4.75. The first kappa shape index (κ1) is 14.8. The number of anilines is 2. The molecule has 112 valence electrons. The Kier molecular flexibility index (Phi) is 4.25. The number of aryl methyl sites for hydroxylation is 2. The second-order valence-corrected chi connectivity index (χ2v) is 6.48. The molecule has 22 heavy (non-hydrogen) atoms. The molecule has 1 heterocycles. The fourth-order valence-electron chi connectivity index (χ4n) is 2.49. The van der Waals surface area contributed by atoms with Gasteiger partial charge in [0.15, 0.2) is 0 Å². The Morgan fingerprint density at radius 3 is 2.50 bits per heavy atom. The molecule has 0 unspecified atom stereocenters. The van der Waals surface area contributed by atoms with Crippen molar-refractivity contribution in [1.29, 1.82) is 0 Å². The summed E-state index contributed by atoms with van der Waals surface area (Å²) >= 11 is 1.76. The van der Waals surface area contributed by atoms with Crippen LogP contribution in [0.15, 0.2) is 53.9 Å². The van der Waals surface area contributed by atoms with Crippen molar-refractivity contribution in [3.05, 3.63) is 76.3 Å². The molecule has 3 heteroatoms. The lowest BCUT2D eigenvalue weighted by Gasteiger charge is -2.07. The summed E-state index contributed by atoms with van der Waals surface area (Å²) in [6.07, 6.45) is 0. The number of aromatic nitrogens is 1. The van der Waals surface area contributed by atoms with Crippen LogP contribution in [0.1, 0.15) is 22.4 Å². The molecule has 2 nitrogen and oxygen atoms in total. The molecule has 0 aliphatic carbocycles. The maximum atomic E-state index is 3.60. The minimum absolute atomic E-state index is 0.892. The van der Waals surface area contributed by atoms with Gasteiger partial charge in [-0.1, -0.05) is 53.8 Å². The van der Waals surface area contributed by atoms with Crippen LogP contribution >= 0.6 is 11.3 Å². The standard InChI is InChI=1S/C19H20N2S/c1-14-8-7-11-18(16(14)3)20-19-21(15(2)13-22-19)12-17-9-5-4-6-10-17/h4-11,13H,12H2,1-3H3/p+1. The quantitative estimate of drug-likeness (QED) is 0.688. The summed E-state index contributed by atoms with van der Waals surface area (Å²) in [5.41, 5.74) is 6.40. The zero-order valence-corrected chi connectivity index (χ0v) is 14.1. The third-order valence-electron chi connectivity index (χ3n) is 4.04. The van der Waals surface area contributed by atoms with E-state index in [4.69, 9.17) is 0 Å². The molecule has 0 bridgehead atoms. The first-order valence-electron chi connectivity index (χ1n) is 7.50. The van der Waals surface area contributed by atoms with Crippen molar-refractivity contribution in [3.63, 3.8) is 0 Å². The summed E-state index contributed by atoms with van der Waals surface area (Å²) in [5.74, 6) is 0. The molecule has 0 saturated heterocycles. The SMILES string of the molecule is Cc1cccc(Nc2scc(C)[n+]2Cc2ccccc2)c1C. The van der Waals surface area contributed by atoms with Crippen LogP contribution in [-0.2, 0) is 6.54 Å². The molecule has 0 spiro atoms. The van der Waals surface area contributed by atoms with Gasteiger partial charge in [-0.3, -0.25) is 0 Å². The van der Waals surface area contributed by atoms with Crippen molar-refractivity contribution < 1.29 is 4.57 Å². The number of benzene rings is 2. The molecule has 0 aliphatic rings. The van der Waals surface area contributed by atoms with Gasteiger partial charge in [-0.2, -0.15) is 0 Å². The summed E-state index contributed by atoms with van der Waals surface area (Å²) in [6, 6.07) is 17.0. The minimum atomic E-state index is 0.892. The van der Waals surface area contributed by atoms with Crippen molar-refractivity contribution >= 4 is 22.2 Å². The van der Waals surface area contributed by atoms with E-state index in [0.29, 0.717) is 0 Å². The van der Waals surface area contributed by atoms with Gasteiger partial charge in [0, 0.05) is 5.38 Å². The zero-order valence-electron chi connectivity index (χ0n) is 13.3. The van der Waals surface area contributed by atoms with Crippen molar-refractivity contribution in [2.24, 2.45) is 0 Å². The topological polar surface area (TPSA) is 15.9 Å². The molecule has 0 fully saturated rings. The number of nitrogens with one attached hydrogen (secondary N) is 1. The Bertz CT molecular complexity index is 775. The Morgan fingerprint density at radius 1 is 0.955 bits per heavy atom. The largest absolute Gasteiger partial charge is 0.339 e. The maximum absolute atomic E-state index is 3.60. The molecule has 0 atom stereocenters. The van der Waals surface area contributed by atoms with E-state index in [-0.39, 0.29) is 0 Å². The summed E-state index contributed by atoms with van der Waals surface area (Å²) < 4.78 is 2.34. The van der Waals surface area contributed by atoms with E-state index in [0.717, 1.165) is 6.54 Å². The second kappa shape index (κ2) is 6.32. The van der Waals surface area contributed by atoms with E-state index in [9.17, 15) is 0 Å². The van der Waals surface area contributed by atoms with Crippen molar-refractivity contribution in [1.82, 2.24) is 0 Å². The molecule has 3 aromatic rings. The van der Waals surface area contributed by atoms with E-state index in [2.05, 4.69) is 84.6 Å². The summed E-state index contributed by atoms with van der Waals surface area (Å²) in [4.78, 5) is 0. The van der Waals surface area contributed by atoms with Crippen LogP contribution in [0, 0.1) is 20.8 Å². The fraction of sp³-hybridized carbons (Fsp3) is 0.211. The van der Waals surface area contributed by atoms with Gasteiger partial charge >= 0.3 is 5.13 Å². The smallest absolute Gasteiger partial charge is 0.231 e.